The summed E-state index contributed by atoms with van der Waals surface area (Å²) in [4.78, 5) is 37.2. The van der Waals surface area contributed by atoms with Crippen molar-refractivity contribution < 1.29 is 0 Å². The SMILES string of the molecule is c1ccc(-c2nnc(-c3ccccn3)n2-c2ccc(-n3c4ccccc4c4ccccc43)cn2)cc1.c1ccc(-c2nnc(-c3ccccn3)n2-c2ccc(-n3c4ccccc4c4ccccc43)nc2)cc1.c1ccc(-c2nnc(-c3cccnc3)n2-c2ccc(-n3c4ccccc4c4ccccc43)cn2)cc1.c1ccc(-c2nnc(-c3cccnc3)n2-c2ccc(-n3c4ccccc4c4ccccc43)nc2)cc1. The highest BCUT2D eigenvalue weighted by Crippen LogP contribution is 2.41. The third kappa shape index (κ3) is 15.7. The first-order chi connectivity index (χ1) is 71.5. The Balaban J connectivity index is 0.000000101. The average Bonchev–Trinajstić information content (AvgIpc) is 1.60. The third-order valence-electron chi connectivity index (χ3n) is 25.6. The minimum absolute atomic E-state index is 0.645. The molecule has 680 valence electrons. The van der Waals surface area contributed by atoms with Crippen LogP contribution in [0.15, 0.2) is 487 Å². The standard InChI is InChI=1S/4C30H20N6/c1-2-10-21(11-3-1)29-33-34-30(25-14-8-9-19-31-25)35(29)22-17-18-28(32-20-22)36-26-15-6-4-12-23(26)24-13-5-7-16-27(24)36;1-2-10-21(11-3-1)29-33-34-30(25-14-8-9-19-31-25)36(29)28-18-17-22(20-32-28)35-26-15-6-4-12-23(26)24-13-5-7-16-27(24)35;1-2-9-21(10-3-1)29-33-34-30(22-11-8-18-31-19-22)35(29)23-16-17-28(32-20-23)36-26-14-6-4-12-24(26)25-13-5-7-15-27(25)36;1-2-9-21(10-3-1)29-33-34-30(22-11-8-18-31-19-22)36(29)28-17-16-23(20-32-28)35-26-14-6-4-12-24(26)25-13-5-7-15-27(25)35/h4*1-20H. The number of nitrogens with zero attached hydrogens (tertiary/aromatic N) is 24. The van der Waals surface area contributed by atoms with E-state index in [9.17, 15) is 0 Å². The summed E-state index contributed by atoms with van der Waals surface area (Å²) < 4.78 is 16.9. The normalized spacial score (nSPS) is 11.3. The molecule has 24 heteroatoms. The van der Waals surface area contributed by atoms with E-state index in [0.29, 0.717) is 29.1 Å². The zero-order valence-electron chi connectivity index (χ0n) is 76.9. The Kier molecular flexibility index (Phi) is 22.3. The second-order valence-electron chi connectivity index (χ2n) is 34.1. The molecule has 0 aliphatic heterocycles. The van der Waals surface area contributed by atoms with Crippen LogP contribution in [0.1, 0.15) is 0 Å². The highest BCUT2D eigenvalue weighted by atomic mass is 15.3. The lowest BCUT2D eigenvalue weighted by molar-refractivity contribution is 0.988. The molecule has 144 heavy (non-hydrogen) atoms. The molecular weight excluding hydrogens is 1780 g/mol. The van der Waals surface area contributed by atoms with Gasteiger partial charge in [-0.3, -0.25) is 47.3 Å². The molecule has 0 radical (unpaired) electrons. The zero-order valence-corrected chi connectivity index (χ0v) is 76.9. The van der Waals surface area contributed by atoms with E-state index in [2.05, 4.69) is 303 Å². The van der Waals surface area contributed by atoms with E-state index in [4.69, 9.17) is 19.9 Å². The van der Waals surface area contributed by atoms with Crippen LogP contribution in [0.4, 0.5) is 0 Å². The van der Waals surface area contributed by atoms with Gasteiger partial charge in [0.2, 0.25) is 0 Å². The van der Waals surface area contributed by atoms with Crippen LogP contribution in [-0.4, -0.2) is 117 Å². The van der Waals surface area contributed by atoms with Crippen molar-refractivity contribution in [1.82, 2.24) is 117 Å². The summed E-state index contributed by atoms with van der Waals surface area (Å²) in [5.41, 5.74) is 20.0. The van der Waals surface area contributed by atoms with Crippen LogP contribution in [0, 0.1) is 0 Å². The zero-order chi connectivity index (χ0) is 95.6. The van der Waals surface area contributed by atoms with Crippen molar-refractivity contribution in [2.24, 2.45) is 0 Å². The van der Waals surface area contributed by atoms with Gasteiger partial charge in [0.05, 0.1) is 91.7 Å². The van der Waals surface area contributed by atoms with Crippen molar-refractivity contribution in [3.05, 3.63) is 487 Å². The van der Waals surface area contributed by atoms with Gasteiger partial charge in [0.15, 0.2) is 46.6 Å². The minimum atomic E-state index is 0.645. The van der Waals surface area contributed by atoms with Crippen molar-refractivity contribution in [3.8, 4) is 137 Å². The fourth-order valence-electron chi connectivity index (χ4n) is 19.2. The lowest BCUT2D eigenvalue weighted by Crippen LogP contribution is -2.04. The highest BCUT2D eigenvalue weighted by Gasteiger charge is 2.27. The number of fused-ring (bicyclic) bond motifs is 12. The first-order valence-electron chi connectivity index (χ1n) is 47.0. The number of benzene rings is 12. The van der Waals surface area contributed by atoms with Crippen LogP contribution >= 0.6 is 0 Å². The smallest absolute Gasteiger partial charge is 0.188 e. The molecule has 0 fully saturated rings. The molecule has 0 N–H and O–H groups in total. The first-order valence-corrected chi connectivity index (χ1v) is 47.0. The highest BCUT2D eigenvalue weighted by molar-refractivity contribution is 6.12. The Morgan fingerprint density at radius 1 is 0.132 bits per heavy atom. The molecule has 0 atom stereocenters. The number of hydrogen-bond donors (Lipinski definition) is 0. The second-order valence-corrected chi connectivity index (χ2v) is 34.1. The molecule has 0 aliphatic rings. The number of hydrogen-bond acceptors (Lipinski definition) is 16. The fraction of sp³-hybridized carbons (Fsp3) is 0. The fourth-order valence-corrected chi connectivity index (χ4v) is 19.2. The number of rotatable bonds is 16. The molecule has 28 aromatic rings. The van der Waals surface area contributed by atoms with Crippen LogP contribution in [0.2, 0.25) is 0 Å². The van der Waals surface area contributed by atoms with Crippen molar-refractivity contribution in [2.75, 3.05) is 0 Å². The lowest BCUT2D eigenvalue weighted by Gasteiger charge is -2.12. The van der Waals surface area contributed by atoms with Crippen molar-refractivity contribution >= 4 is 87.2 Å². The van der Waals surface area contributed by atoms with E-state index in [1.807, 2.05) is 243 Å². The third-order valence-corrected chi connectivity index (χ3v) is 25.6. The van der Waals surface area contributed by atoms with Gasteiger partial charge >= 0.3 is 0 Å². The molecule has 16 aromatic heterocycles. The van der Waals surface area contributed by atoms with E-state index in [1.54, 1.807) is 37.2 Å². The predicted octanol–water partition coefficient (Wildman–Crippen LogP) is 26.0. The van der Waals surface area contributed by atoms with E-state index in [1.165, 1.54) is 43.1 Å². The molecular formula is C120H80N24. The quantitative estimate of drug-likeness (QED) is 0.0872. The molecule has 28 rings (SSSR count). The van der Waals surface area contributed by atoms with Crippen molar-refractivity contribution in [2.45, 2.75) is 0 Å². The van der Waals surface area contributed by atoms with E-state index >= 15 is 0 Å². The van der Waals surface area contributed by atoms with Gasteiger partial charge < -0.3 is 9.13 Å². The van der Waals surface area contributed by atoms with Crippen LogP contribution < -0.4 is 0 Å². The van der Waals surface area contributed by atoms with Gasteiger partial charge in [-0.1, -0.05) is 279 Å². The second kappa shape index (κ2) is 37.6. The molecule has 24 nitrogen and oxygen atoms in total. The maximum absolute atomic E-state index is 4.92. The molecule has 0 spiro atoms. The molecule has 0 aliphatic carbocycles. The lowest BCUT2D eigenvalue weighted by atomic mass is 10.2. The summed E-state index contributed by atoms with van der Waals surface area (Å²) >= 11 is 0. The summed E-state index contributed by atoms with van der Waals surface area (Å²) in [6.07, 6.45) is 18.2. The topological polar surface area (TPSA) is 246 Å². The van der Waals surface area contributed by atoms with Crippen molar-refractivity contribution in [1.29, 1.82) is 0 Å². The molecule has 16 heterocycles. The minimum Gasteiger partial charge on any atom is -0.308 e. The van der Waals surface area contributed by atoms with Gasteiger partial charge in [0, 0.05) is 114 Å². The molecule has 12 aromatic carbocycles. The summed E-state index contributed by atoms with van der Waals surface area (Å²) in [5, 5.41) is 45.9. The summed E-state index contributed by atoms with van der Waals surface area (Å²) in [7, 11) is 0. The molecule has 0 amide bonds. The molecule has 0 saturated heterocycles. The number of pyridine rings is 8. The van der Waals surface area contributed by atoms with E-state index in [0.717, 1.165) is 152 Å². The Labute approximate surface area is 823 Å². The number of para-hydroxylation sites is 8. The van der Waals surface area contributed by atoms with Gasteiger partial charge in [0.1, 0.15) is 34.7 Å². The largest absolute Gasteiger partial charge is 0.308 e. The van der Waals surface area contributed by atoms with Gasteiger partial charge in [-0.25, -0.2) is 19.9 Å². The first kappa shape index (κ1) is 85.3. The van der Waals surface area contributed by atoms with Gasteiger partial charge in [-0.05, 0) is 146 Å². The summed E-state index contributed by atoms with van der Waals surface area (Å²) in [6.45, 7) is 0. The monoisotopic (exact) mass is 1860 g/mol. The summed E-state index contributed by atoms with van der Waals surface area (Å²) in [6, 6.07) is 144. The van der Waals surface area contributed by atoms with Gasteiger partial charge in [0.25, 0.3) is 0 Å². The molecule has 0 saturated carbocycles. The predicted molar refractivity (Wildman–Crippen MR) is 569 cm³/mol. The van der Waals surface area contributed by atoms with Crippen LogP contribution in [0.3, 0.4) is 0 Å². The number of aromatic nitrogens is 24. The maximum atomic E-state index is 4.92. The maximum Gasteiger partial charge on any atom is 0.188 e. The summed E-state index contributed by atoms with van der Waals surface area (Å²) in [5.74, 6) is 8.83. The van der Waals surface area contributed by atoms with Crippen LogP contribution in [-0.2, 0) is 0 Å². The Morgan fingerprint density at radius 3 is 0.618 bits per heavy atom. The van der Waals surface area contributed by atoms with Crippen molar-refractivity contribution in [3.63, 3.8) is 0 Å². The Hall–Kier alpha value is -20.4. The van der Waals surface area contributed by atoms with E-state index in [-0.39, 0.29) is 0 Å². The Morgan fingerprint density at radius 2 is 0.347 bits per heavy atom. The van der Waals surface area contributed by atoms with Gasteiger partial charge in [-0.2, -0.15) is 0 Å². The Bertz CT molecular complexity index is 7930. The average molecular weight is 1860 g/mol. The molecule has 0 unspecified atom stereocenters. The van der Waals surface area contributed by atoms with Crippen LogP contribution in [0.25, 0.3) is 225 Å². The van der Waals surface area contributed by atoms with E-state index < -0.39 is 0 Å². The van der Waals surface area contributed by atoms with Gasteiger partial charge in [-0.15, -0.1) is 40.8 Å². The van der Waals surface area contributed by atoms with Crippen LogP contribution in [0.5, 0.6) is 0 Å². The molecule has 0 bridgehead atoms.